The minimum absolute atomic E-state index is 0.366. The molecule has 0 aliphatic carbocycles. The average Bonchev–Trinajstić information content (AvgIpc) is 2.98. The van der Waals surface area contributed by atoms with Gasteiger partial charge in [-0.3, -0.25) is 10.1 Å². The van der Waals surface area contributed by atoms with Crippen LogP contribution in [0.3, 0.4) is 0 Å². The Morgan fingerprint density at radius 1 is 1.24 bits per heavy atom. The van der Waals surface area contributed by atoms with Crippen LogP contribution in [-0.2, 0) is 4.79 Å². The molecule has 0 bridgehead atoms. The van der Waals surface area contributed by atoms with Crippen molar-refractivity contribution in [2.45, 2.75) is 37.3 Å². The molecular formula is C16H21N5O2S2. The Hall–Kier alpha value is -2.13. The van der Waals surface area contributed by atoms with Crippen molar-refractivity contribution in [2.24, 2.45) is 0 Å². The maximum atomic E-state index is 11.9. The van der Waals surface area contributed by atoms with Crippen molar-refractivity contribution in [3.8, 4) is 0 Å². The zero-order valence-electron chi connectivity index (χ0n) is 14.5. The summed E-state index contributed by atoms with van der Waals surface area (Å²) in [6.07, 6.45) is 0. The summed E-state index contributed by atoms with van der Waals surface area (Å²) in [7, 11) is 0. The van der Waals surface area contributed by atoms with Gasteiger partial charge in [-0.15, -0.1) is 10.2 Å². The molecule has 0 saturated heterocycles. The molecule has 9 heteroatoms. The van der Waals surface area contributed by atoms with Crippen LogP contribution >= 0.6 is 23.1 Å². The number of thioether (sulfide) groups is 1. The van der Waals surface area contributed by atoms with Crippen LogP contribution in [0.5, 0.6) is 0 Å². The van der Waals surface area contributed by atoms with Gasteiger partial charge in [-0.1, -0.05) is 29.2 Å². The summed E-state index contributed by atoms with van der Waals surface area (Å²) < 4.78 is 0.657. The smallest absolute Gasteiger partial charge is 0.321 e. The molecule has 0 fully saturated rings. The average molecular weight is 380 g/mol. The number of aryl methyl sites for hydroxylation is 2. The lowest BCUT2D eigenvalue weighted by atomic mass is 10.1. The number of amides is 3. The normalized spacial score (nSPS) is 11.7. The fraction of sp³-hybridized carbons (Fsp3) is 0.375. The summed E-state index contributed by atoms with van der Waals surface area (Å²) in [4.78, 5) is 23.3. The first-order chi connectivity index (χ1) is 11.9. The maximum Gasteiger partial charge on any atom is 0.321 e. The van der Waals surface area contributed by atoms with E-state index in [-0.39, 0.29) is 5.91 Å². The number of nitrogens with one attached hydrogen (secondary N) is 3. The van der Waals surface area contributed by atoms with Crippen molar-refractivity contribution in [2.75, 3.05) is 11.9 Å². The van der Waals surface area contributed by atoms with Gasteiger partial charge in [0.25, 0.3) is 0 Å². The van der Waals surface area contributed by atoms with E-state index < -0.39 is 11.3 Å². The van der Waals surface area contributed by atoms with Crippen molar-refractivity contribution in [1.29, 1.82) is 0 Å². The largest absolute Gasteiger partial charge is 0.338 e. The predicted molar refractivity (Wildman–Crippen MR) is 102 cm³/mol. The summed E-state index contributed by atoms with van der Waals surface area (Å²) in [5, 5.41) is 16.4. The number of nitrogens with zero attached hydrogens (tertiary/aromatic N) is 2. The Morgan fingerprint density at radius 3 is 2.68 bits per heavy atom. The monoisotopic (exact) mass is 379 g/mol. The Labute approximate surface area is 155 Å². The highest BCUT2D eigenvalue weighted by Crippen LogP contribution is 2.30. The Balaban J connectivity index is 1.93. The summed E-state index contributed by atoms with van der Waals surface area (Å²) >= 11 is 2.62. The molecule has 1 atom stereocenters. The fourth-order valence-electron chi connectivity index (χ4n) is 1.87. The summed E-state index contributed by atoms with van der Waals surface area (Å²) in [5.74, 6) is -0.366. The van der Waals surface area contributed by atoms with Crippen molar-refractivity contribution < 1.29 is 9.59 Å². The summed E-state index contributed by atoms with van der Waals surface area (Å²) in [6, 6.07) is 5.59. The minimum atomic E-state index is -0.491. The van der Waals surface area contributed by atoms with Crippen molar-refractivity contribution in [3.63, 3.8) is 0 Å². The van der Waals surface area contributed by atoms with Gasteiger partial charge in [-0.25, -0.2) is 4.79 Å². The zero-order chi connectivity index (χ0) is 18.4. The van der Waals surface area contributed by atoms with E-state index in [0.717, 1.165) is 5.69 Å². The highest BCUT2D eigenvalue weighted by atomic mass is 32.2. The number of rotatable bonds is 6. The predicted octanol–water partition coefficient (Wildman–Crippen LogP) is 3.22. The van der Waals surface area contributed by atoms with Crippen LogP contribution in [0.4, 0.5) is 15.6 Å². The van der Waals surface area contributed by atoms with Crippen molar-refractivity contribution in [1.82, 2.24) is 20.8 Å². The van der Waals surface area contributed by atoms with Crippen LogP contribution in [0.2, 0.25) is 0 Å². The first kappa shape index (κ1) is 19.2. The Bertz CT molecular complexity index is 763. The van der Waals surface area contributed by atoms with Gasteiger partial charge in [-0.05, 0) is 51.0 Å². The number of urea groups is 1. The third-order valence-electron chi connectivity index (χ3n) is 3.39. The molecule has 3 N–H and O–H groups in total. The minimum Gasteiger partial charge on any atom is -0.338 e. The van der Waals surface area contributed by atoms with E-state index in [0.29, 0.717) is 16.0 Å². The third kappa shape index (κ3) is 5.71. The third-order valence-corrected chi connectivity index (χ3v) is 5.41. The molecule has 0 radical (unpaired) electrons. The number of hydrogen-bond donors (Lipinski definition) is 3. The Morgan fingerprint density at radius 2 is 2.00 bits per heavy atom. The fourth-order valence-corrected chi connectivity index (χ4v) is 3.79. The molecule has 1 aromatic carbocycles. The van der Waals surface area contributed by atoms with Crippen molar-refractivity contribution in [3.05, 3.63) is 29.3 Å². The first-order valence-corrected chi connectivity index (χ1v) is 9.51. The highest BCUT2D eigenvalue weighted by molar-refractivity contribution is 8.02. The van der Waals surface area contributed by atoms with Gasteiger partial charge in [0.15, 0.2) is 4.34 Å². The lowest BCUT2D eigenvalue weighted by Crippen LogP contribution is -2.42. The molecule has 2 aromatic rings. The number of anilines is 2. The van der Waals surface area contributed by atoms with Crippen LogP contribution in [0.25, 0.3) is 0 Å². The first-order valence-electron chi connectivity index (χ1n) is 7.82. The van der Waals surface area contributed by atoms with Crippen LogP contribution < -0.4 is 16.0 Å². The van der Waals surface area contributed by atoms with Crippen LogP contribution in [-0.4, -0.2) is 33.9 Å². The van der Waals surface area contributed by atoms with Crippen molar-refractivity contribution >= 4 is 45.9 Å². The molecule has 0 aliphatic rings. The van der Waals surface area contributed by atoms with Gasteiger partial charge in [0.05, 0.1) is 5.25 Å². The lowest BCUT2D eigenvalue weighted by Gasteiger charge is -2.09. The lowest BCUT2D eigenvalue weighted by molar-refractivity contribution is -0.119. The van der Waals surface area contributed by atoms with E-state index in [1.165, 1.54) is 34.2 Å². The molecule has 1 heterocycles. The molecule has 2 rings (SSSR count). The molecule has 25 heavy (non-hydrogen) atoms. The van der Waals surface area contributed by atoms with Crippen LogP contribution in [0.1, 0.15) is 25.0 Å². The standard InChI is InChI=1S/C16H21N5O2S2/c1-5-17-14(23)19-13(22)11(4)24-16-21-20-15(25-16)18-12-7-6-9(2)10(3)8-12/h6-8,11H,5H2,1-4H3,(H,18,20)(H2,17,19,22,23). The van der Waals surface area contributed by atoms with Gasteiger partial charge in [-0.2, -0.15) is 0 Å². The van der Waals surface area contributed by atoms with E-state index in [2.05, 4.69) is 40.0 Å². The number of carbonyl (C=O) groups is 2. The van der Waals surface area contributed by atoms with E-state index in [1.807, 2.05) is 18.2 Å². The van der Waals surface area contributed by atoms with E-state index in [1.54, 1.807) is 13.8 Å². The second-order valence-corrected chi connectivity index (χ2v) is 7.97. The molecule has 0 saturated carbocycles. The SMILES string of the molecule is CCNC(=O)NC(=O)C(C)Sc1nnc(Nc2ccc(C)c(C)c2)s1. The maximum absolute atomic E-state index is 11.9. The van der Waals surface area contributed by atoms with Gasteiger partial charge in [0, 0.05) is 12.2 Å². The number of imide groups is 1. The van der Waals surface area contributed by atoms with E-state index in [9.17, 15) is 9.59 Å². The number of hydrogen-bond acceptors (Lipinski definition) is 7. The van der Waals surface area contributed by atoms with Gasteiger partial charge < -0.3 is 10.6 Å². The van der Waals surface area contributed by atoms with Gasteiger partial charge >= 0.3 is 6.03 Å². The molecule has 0 spiro atoms. The molecule has 134 valence electrons. The van der Waals surface area contributed by atoms with Gasteiger partial charge in [0.1, 0.15) is 0 Å². The molecule has 1 unspecified atom stereocenters. The molecule has 1 aromatic heterocycles. The van der Waals surface area contributed by atoms with Crippen LogP contribution in [0, 0.1) is 13.8 Å². The second-order valence-electron chi connectivity index (χ2n) is 5.41. The molecule has 0 aliphatic heterocycles. The number of aromatic nitrogens is 2. The summed E-state index contributed by atoms with van der Waals surface area (Å²) in [6.45, 7) is 8.08. The number of benzene rings is 1. The van der Waals surface area contributed by atoms with E-state index in [4.69, 9.17) is 0 Å². The highest BCUT2D eigenvalue weighted by Gasteiger charge is 2.19. The summed E-state index contributed by atoms with van der Waals surface area (Å²) in [5.41, 5.74) is 3.36. The van der Waals surface area contributed by atoms with E-state index >= 15 is 0 Å². The topological polar surface area (TPSA) is 96.0 Å². The number of carbonyl (C=O) groups excluding carboxylic acids is 2. The molecule has 7 nitrogen and oxygen atoms in total. The second kappa shape index (κ2) is 8.82. The quantitative estimate of drug-likeness (QED) is 0.667. The molecular weight excluding hydrogens is 358 g/mol. The van der Waals surface area contributed by atoms with Crippen LogP contribution in [0.15, 0.2) is 22.5 Å². The van der Waals surface area contributed by atoms with Gasteiger partial charge in [0.2, 0.25) is 11.0 Å². The molecule has 3 amide bonds. The Kier molecular flexibility index (Phi) is 6.77. The zero-order valence-corrected chi connectivity index (χ0v) is 16.2.